The van der Waals surface area contributed by atoms with Crippen LogP contribution in [0.2, 0.25) is 0 Å². The van der Waals surface area contributed by atoms with E-state index >= 15 is 0 Å². The molecule has 0 aliphatic carbocycles. The van der Waals surface area contributed by atoms with Crippen molar-refractivity contribution >= 4 is 17.9 Å². The van der Waals surface area contributed by atoms with Crippen LogP contribution in [0.15, 0.2) is 36.5 Å². The van der Waals surface area contributed by atoms with Crippen LogP contribution in [0.4, 0.5) is 0 Å². The Morgan fingerprint density at radius 1 is 0.800 bits per heavy atom. The second-order valence-electron chi connectivity index (χ2n) is 5.35. The number of aliphatic hydroxyl groups is 3. The number of hydrogen-bond donors (Lipinski definition) is 3. The summed E-state index contributed by atoms with van der Waals surface area (Å²) >= 11 is 0. The molecule has 0 saturated carbocycles. The number of hydrogen-bond acceptors (Lipinski definition) is 9. The quantitative estimate of drug-likeness (QED) is 0.296. The van der Waals surface area contributed by atoms with Gasteiger partial charge < -0.3 is 29.5 Å². The molecule has 25 heavy (non-hydrogen) atoms. The summed E-state index contributed by atoms with van der Waals surface area (Å²) in [6, 6.07) is 0. The maximum atomic E-state index is 11.8. The largest absolute Gasteiger partial charge is 0.444 e. The molecule has 1 unspecified atom stereocenters. The van der Waals surface area contributed by atoms with Gasteiger partial charge in [-0.15, -0.1) is 0 Å². The maximum absolute atomic E-state index is 11.8. The predicted octanol–water partition coefficient (Wildman–Crippen LogP) is 0.0614. The first-order chi connectivity index (χ1) is 11.3. The van der Waals surface area contributed by atoms with Gasteiger partial charge in [0.2, 0.25) is 0 Å². The van der Waals surface area contributed by atoms with E-state index in [9.17, 15) is 24.6 Å². The number of ether oxygens (including phenoxy) is 3. The summed E-state index contributed by atoms with van der Waals surface area (Å²) in [5.41, 5.74) is -0.624. The van der Waals surface area contributed by atoms with Crippen molar-refractivity contribution in [3.8, 4) is 0 Å². The highest BCUT2D eigenvalue weighted by Gasteiger charge is 2.61. The van der Waals surface area contributed by atoms with Gasteiger partial charge in [-0.25, -0.2) is 14.4 Å². The Morgan fingerprint density at radius 3 is 1.40 bits per heavy atom. The van der Waals surface area contributed by atoms with E-state index in [1.807, 2.05) is 0 Å². The molecule has 0 bridgehead atoms. The molecule has 9 heteroatoms. The molecule has 3 N–H and O–H groups in total. The fourth-order valence-electron chi connectivity index (χ4n) is 1.27. The topological polar surface area (TPSA) is 140 Å². The molecule has 0 aromatic rings. The third-order valence-electron chi connectivity index (χ3n) is 2.71. The van der Waals surface area contributed by atoms with E-state index in [0.29, 0.717) is 0 Å². The highest BCUT2D eigenvalue weighted by molar-refractivity contribution is 5.89. The zero-order chi connectivity index (χ0) is 20.0. The molecule has 0 amide bonds. The van der Waals surface area contributed by atoms with Crippen molar-refractivity contribution < 1.29 is 43.9 Å². The highest BCUT2D eigenvalue weighted by atomic mass is 16.9. The van der Waals surface area contributed by atoms with E-state index < -0.39 is 42.7 Å². The van der Waals surface area contributed by atoms with Gasteiger partial charge in [0.05, 0.1) is 0 Å². The summed E-state index contributed by atoms with van der Waals surface area (Å²) in [7, 11) is 0. The second-order valence-corrected chi connectivity index (χ2v) is 5.35. The lowest BCUT2D eigenvalue weighted by Crippen LogP contribution is -2.62. The Kier molecular flexibility index (Phi) is 7.71. The molecule has 0 aliphatic heterocycles. The fourth-order valence-corrected chi connectivity index (χ4v) is 1.27. The highest BCUT2D eigenvalue weighted by Crippen LogP contribution is 2.32. The standard InChI is InChI=1S/C16H22O9/c1-9(2)12(18)23-15(21,7-8-17)16(22,24-13(19)10(3)4)25-14(20)11(5)6/h17,21-22H,1,3,5,7-8H2,2,4,6H3. The van der Waals surface area contributed by atoms with Crippen LogP contribution in [-0.4, -0.2) is 51.6 Å². The first-order valence-corrected chi connectivity index (χ1v) is 7.01. The minimum absolute atomic E-state index is 0.184. The molecular weight excluding hydrogens is 336 g/mol. The SMILES string of the molecule is C=C(C)C(=O)OC(O)(CCO)C(O)(OC(=O)C(=C)C)OC(=O)C(=C)C. The Bertz CT molecular complexity index is 577. The van der Waals surface area contributed by atoms with Crippen molar-refractivity contribution in [2.45, 2.75) is 39.0 Å². The molecule has 0 rings (SSSR count). The number of carbonyl (C=O) groups excluding carboxylic acids is 3. The van der Waals surface area contributed by atoms with Gasteiger partial charge in [-0.05, 0) is 20.8 Å². The van der Waals surface area contributed by atoms with Crippen molar-refractivity contribution in [1.82, 2.24) is 0 Å². The smallest absolute Gasteiger partial charge is 0.418 e. The minimum atomic E-state index is -3.48. The lowest BCUT2D eigenvalue weighted by Gasteiger charge is -2.39. The van der Waals surface area contributed by atoms with E-state index in [-0.39, 0.29) is 16.7 Å². The molecular formula is C16H22O9. The van der Waals surface area contributed by atoms with Gasteiger partial charge in [0.1, 0.15) is 0 Å². The molecule has 0 aromatic heterocycles. The Labute approximate surface area is 144 Å². The molecule has 0 fully saturated rings. The fraction of sp³-hybridized carbons (Fsp3) is 0.438. The van der Waals surface area contributed by atoms with Crippen molar-refractivity contribution in [3.05, 3.63) is 36.5 Å². The predicted molar refractivity (Wildman–Crippen MR) is 84.3 cm³/mol. The van der Waals surface area contributed by atoms with Gasteiger partial charge in [0.15, 0.2) is 0 Å². The van der Waals surface area contributed by atoms with E-state index in [0.717, 1.165) is 0 Å². The minimum Gasteiger partial charge on any atom is -0.418 e. The van der Waals surface area contributed by atoms with Crippen LogP contribution in [0, 0.1) is 0 Å². The molecule has 9 nitrogen and oxygen atoms in total. The lowest BCUT2D eigenvalue weighted by atomic mass is 10.1. The van der Waals surface area contributed by atoms with Crippen LogP contribution < -0.4 is 0 Å². The van der Waals surface area contributed by atoms with E-state index in [2.05, 4.69) is 33.9 Å². The van der Waals surface area contributed by atoms with Gasteiger partial charge >= 0.3 is 29.7 Å². The van der Waals surface area contributed by atoms with Gasteiger partial charge in [0.25, 0.3) is 0 Å². The molecule has 0 saturated heterocycles. The van der Waals surface area contributed by atoms with Gasteiger partial charge in [-0.3, -0.25) is 0 Å². The van der Waals surface area contributed by atoms with Gasteiger partial charge in [-0.1, -0.05) is 19.7 Å². The first kappa shape index (κ1) is 22.5. The summed E-state index contributed by atoms with van der Waals surface area (Å²) < 4.78 is 13.8. The average molecular weight is 358 g/mol. The Hall–Kier alpha value is -2.49. The van der Waals surface area contributed by atoms with Crippen molar-refractivity contribution in [2.24, 2.45) is 0 Å². The molecule has 0 aliphatic rings. The average Bonchev–Trinajstić information content (AvgIpc) is 2.46. The number of aliphatic hydroxyl groups excluding tert-OH is 1. The van der Waals surface area contributed by atoms with Crippen molar-refractivity contribution in [1.29, 1.82) is 0 Å². The van der Waals surface area contributed by atoms with Crippen LogP contribution in [0.5, 0.6) is 0 Å². The monoisotopic (exact) mass is 358 g/mol. The molecule has 0 aromatic carbocycles. The van der Waals surface area contributed by atoms with Gasteiger partial charge in [-0.2, -0.15) is 0 Å². The van der Waals surface area contributed by atoms with Gasteiger partial charge in [0, 0.05) is 29.7 Å². The normalized spacial score (nSPS) is 13.2. The van der Waals surface area contributed by atoms with Crippen LogP contribution in [0.3, 0.4) is 0 Å². The van der Waals surface area contributed by atoms with Crippen LogP contribution >= 0.6 is 0 Å². The molecule has 0 spiro atoms. The number of rotatable bonds is 9. The lowest BCUT2D eigenvalue weighted by molar-refractivity contribution is -0.443. The summed E-state index contributed by atoms with van der Waals surface area (Å²) in [5, 5.41) is 30.1. The van der Waals surface area contributed by atoms with Crippen molar-refractivity contribution in [2.75, 3.05) is 6.61 Å². The Balaban J connectivity index is 6.05. The first-order valence-electron chi connectivity index (χ1n) is 7.01. The summed E-state index contributed by atoms with van der Waals surface area (Å²) in [4.78, 5) is 35.2. The second kappa shape index (κ2) is 8.56. The van der Waals surface area contributed by atoms with E-state index in [1.165, 1.54) is 20.8 Å². The molecule has 1 atom stereocenters. The number of esters is 3. The van der Waals surface area contributed by atoms with Crippen molar-refractivity contribution in [3.63, 3.8) is 0 Å². The molecule has 0 heterocycles. The maximum Gasteiger partial charge on any atom is 0.444 e. The molecule has 0 radical (unpaired) electrons. The number of carbonyl (C=O) groups is 3. The van der Waals surface area contributed by atoms with Crippen LogP contribution in [-0.2, 0) is 28.6 Å². The van der Waals surface area contributed by atoms with E-state index in [1.54, 1.807) is 0 Å². The van der Waals surface area contributed by atoms with Crippen LogP contribution in [0.25, 0.3) is 0 Å². The summed E-state index contributed by atoms with van der Waals surface area (Å²) in [5.74, 6) is -10.3. The van der Waals surface area contributed by atoms with E-state index in [4.69, 9.17) is 5.11 Å². The third-order valence-corrected chi connectivity index (χ3v) is 2.71. The summed E-state index contributed by atoms with van der Waals surface area (Å²) in [6.07, 6.45) is -0.866. The third kappa shape index (κ3) is 5.82. The molecule has 140 valence electrons. The zero-order valence-electron chi connectivity index (χ0n) is 14.3. The summed E-state index contributed by atoms with van der Waals surface area (Å²) in [6.45, 7) is 12.7. The Morgan fingerprint density at radius 2 is 1.12 bits per heavy atom. The van der Waals surface area contributed by atoms with Crippen LogP contribution in [0.1, 0.15) is 27.2 Å². The zero-order valence-corrected chi connectivity index (χ0v) is 14.3.